The first kappa shape index (κ1) is 13.1. The lowest BCUT2D eigenvalue weighted by Crippen LogP contribution is -2.19. The van der Waals surface area contributed by atoms with Crippen LogP contribution >= 0.6 is 0 Å². The van der Waals surface area contributed by atoms with E-state index in [4.69, 9.17) is 4.74 Å². The Kier molecular flexibility index (Phi) is 3.18. The number of hydrogen-bond acceptors (Lipinski definition) is 2. The smallest absolute Gasteiger partial charge is 0.127 e. The van der Waals surface area contributed by atoms with Crippen LogP contribution in [0.5, 0.6) is 5.75 Å². The molecule has 0 bridgehead atoms. The van der Waals surface area contributed by atoms with Crippen molar-refractivity contribution in [3.05, 3.63) is 64.7 Å². The quantitative estimate of drug-likeness (QED) is 0.857. The van der Waals surface area contributed by atoms with E-state index in [-0.39, 0.29) is 12.2 Å². The molecule has 0 spiro atoms. The molecule has 0 aromatic heterocycles. The number of aliphatic hydroxyl groups is 1. The van der Waals surface area contributed by atoms with E-state index in [1.165, 1.54) is 24.3 Å². The molecule has 1 aliphatic heterocycles. The van der Waals surface area contributed by atoms with Crippen LogP contribution in [0.4, 0.5) is 8.78 Å². The van der Waals surface area contributed by atoms with Crippen LogP contribution < -0.4 is 4.74 Å². The van der Waals surface area contributed by atoms with Gasteiger partial charge >= 0.3 is 0 Å². The number of aliphatic hydroxyl groups excluding tert-OH is 1. The van der Waals surface area contributed by atoms with Gasteiger partial charge in [0.15, 0.2) is 0 Å². The lowest BCUT2D eigenvalue weighted by atomic mass is 9.94. The third-order valence-electron chi connectivity index (χ3n) is 3.61. The number of rotatable bonds is 1. The number of benzene rings is 2. The molecule has 0 aliphatic carbocycles. The van der Waals surface area contributed by atoms with Crippen molar-refractivity contribution in [1.29, 1.82) is 0 Å². The van der Waals surface area contributed by atoms with Crippen molar-refractivity contribution in [3.8, 4) is 5.75 Å². The van der Waals surface area contributed by atoms with Crippen molar-refractivity contribution in [1.82, 2.24) is 0 Å². The molecule has 3 rings (SSSR count). The maximum absolute atomic E-state index is 13.6. The summed E-state index contributed by atoms with van der Waals surface area (Å²) in [6.07, 6.45) is -0.972. The first-order valence-electron chi connectivity index (χ1n) is 6.45. The largest absolute Gasteiger partial charge is 0.485 e. The molecule has 1 N–H and O–H groups in total. The Morgan fingerprint density at radius 3 is 2.70 bits per heavy atom. The molecule has 20 heavy (non-hydrogen) atoms. The van der Waals surface area contributed by atoms with Gasteiger partial charge in [0.1, 0.15) is 23.5 Å². The van der Waals surface area contributed by atoms with E-state index in [1.807, 2.05) is 0 Å². The molecule has 2 nitrogen and oxygen atoms in total. The lowest BCUT2D eigenvalue weighted by Gasteiger charge is -2.30. The van der Waals surface area contributed by atoms with Gasteiger partial charge < -0.3 is 9.84 Å². The maximum Gasteiger partial charge on any atom is 0.127 e. The summed E-state index contributed by atoms with van der Waals surface area (Å²) in [7, 11) is 0. The molecule has 0 saturated carbocycles. The minimum Gasteiger partial charge on any atom is -0.485 e. The minimum atomic E-state index is -0.816. The number of fused-ring (bicyclic) bond motifs is 1. The molecule has 0 radical (unpaired) electrons. The molecule has 1 aliphatic rings. The van der Waals surface area contributed by atoms with Crippen molar-refractivity contribution in [2.24, 2.45) is 0 Å². The summed E-state index contributed by atoms with van der Waals surface area (Å²) in [5.41, 5.74) is 1.67. The Bertz CT molecular complexity index is 655. The summed E-state index contributed by atoms with van der Waals surface area (Å²) in [6.45, 7) is 1.69. The maximum atomic E-state index is 13.6. The van der Waals surface area contributed by atoms with Gasteiger partial charge in [0.2, 0.25) is 0 Å². The first-order valence-corrected chi connectivity index (χ1v) is 6.45. The summed E-state index contributed by atoms with van der Waals surface area (Å²) in [5.74, 6) is -0.271. The van der Waals surface area contributed by atoms with Crippen molar-refractivity contribution in [3.63, 3.8) is 0 Å². The van der Waals surface area contributed by atoms with Gasteiger partial charge in [-0.05, 0) is 42.3 Å². The van der Waals surface area contributed by atoms with E-state index in [1.54, 1.807) is 19.1 Å². The zero-order chi connectivity index (χ0) is 14.3. The number of halogens is 2. The van der Waals surface area contributed by atoms with Crippen LogP contribution in [0, 0.1) is 18.6 Å². The zero-order valence-corrected chi connectivity index (χ0v) is 10.9. The molecular weight excluding hydrogens is 262 g/mol. The molecular formula is C16H14F2O2. The van der Waals surface area contributed by atoms with Crippen LogP contribution in [0.2, 0.25) is 0 Å². The predicted octanol–water partition coefficient (Wildman–Crippen LogP) is 3.83. The summed E-state index contributed by atoms with van der Waals surface area (Å²) in [6, 6.07) is 8.92. The van der Waals surface area contributed by atoms with Crippen molar-refractivity contribution in [2.45, 2.75) is 25.6 Å². The molecule has 104 valence electrons. The van der Waals surface area contributed by atoms with E-state index < -0.39 is 18.0 Å². The van der Waals surface area contributed by atoms with E-state index in [0.717, 1.165) is 0 Å². The van der Waals surface area contributed by atoms with E-state index in [0.29, 0.717) is 22.4 Å². The molecule has 2 unspecified atom stereocenters. The fourth-order valence-electron chi connectivity index (χ4n) is 2.43. The Hall–Kier alpha value is -1.94. The van der Waals surface area contributed by atoms with Crippen molar-refractivity contribution in [2.75, 3.05) is 0 Å². The number of ether oxygens (including phenoxy) is 1. The summed E-state index contributed by atoms with van der Waals surface area (Å²) in [5, 5.41) is 10.1. The van der Waals surface area contributed by atoms with Gasteiger partial charge in [-0.25, -0.2) is 8.78 Å². The summed E-state index contributed by atoms with van der Waals surface area (Å²) < 4.78 is 32.5. The predicted molar refractivity (Wildman–Crippen MR) is 70.5 cm³/mol. The summed E-state index contributed by atoms with van der Waals surface area (Å²) >= 11 is 0. The lowest BCUT2D eigenvalue weighted by molar-refractivity contribution is 0.0652. The third kappa shape index (κ3) is 2.27. The Labute approximate surface area is 115 Å². The molecule has 0 amide bonds. The van der Waals surface area contributed by atoms with Crippen LogP contribution in [0.1, 0.15) is 35.3 Å². The molecule has 2 atom stereocenters. The normalized spacial score (nSPS) is 21.2. The molecule has 2 aromatic carbocycles. The molecule has 0 saturated heterocycles. The topological polar surface area (TPSA) is 29.5 Å². The van der Waals surface area contributed by atoms with Crippen LogP contribution in [0.3, 0.4) is 0 Å². The molecule has 1 heterocycles. The fourth-order valence-corrected chi connectivity index (χ4v) is 2.43. The van der Waals surface area contributed by atoms with Gasteiger partial charge in [-0.2, -0.15) is 0 Å². The van der Waals surface area contributed by atoms with Gasteiger partial charge in [-0.1, -0.05) is 12.1 Å². The van der Waals surface area contributed by atoms with Crippen LogP contribution in [0.25, 0.3) is 0 Å². The average Bonchev–Trinajstić information content (AvgIpc) is 2.42. The van der Waals surface area contributed by atoms with Gasteiger partial charge in [0, 0.05) is 12.0 Å². The van der Waals surface area contributed by atoms with Crippen LogP contribution in [-0.4, -0.2) is 5.11 Å². The highest BCUT2D eigenvalue weighted by Crippen LogP contribution is 2.41. The van der Waals surface area contributed by atoms with E-state index in [9.17, 15) is 13.9 Å². The standard InChI is InChI=1S/C16H14F2O2/c1-9-2-3-10(6-13(9)18)16-8-14(19)12-7-11(17)4-5-15(12)20-16/h2-7,14,16,19H,8H2,1H3. The Balaban J connectivity index is 1.94. The Morgan fingerprint density at radius 2 is 1.95 bits per heavy atom. The highest BCUT2D eigenvalue weighted by Gasteiger charge is 2.28. The van der Waals surface area contributed by atoms with Crippen LogP contribution in [-0.2, 0) is 0 Å². The highest BCUT2D eigenvalue weighted by molar-refractivity contribution is 5.39. The third-order valence-corrected chi connectivity index (χ3v) is 3.61. The molecule has 4 heteroatoms. The number of hydrogen-bond donors (Lipinski definition) is 1. The summed E-state index contributed by atoms with van der Waals surface area (Å²) in [4.78, 5) is 0. The van der Waals surface area contributed by atoms with Gasteiger partial charge in [0.25, 0.3) is 0 Å². The zero-order valence-electron chi connectivity index (χ0n) is 10.9. The SMILES string of the molecule is Cc1ccc(C2CC(O)c3cc(F)ccc3O2)cc1F. The first-order chi connectivity index (χ1) is 9.54. The fraction of sp³-hybridized carbons (Fsp3) is 0.250. The highest BCUT2D eigenvalue weighted by atomic mass is 19.1. The second-order valence-corrected chi connectivity index (χ2v) is 5.05. The van der Waals surface area contributed by atoms with Crippen molar-refractivity contribution < 1.29 is 18.6 Å². The molecule has 2 aromatic rings. The van der Waals surface area contributed by atoms with Gasteiger partial charge in [-0.15, -0.1) is 0 Å². The second-order valence-electron chi connectivity index (χ2n) is 5.05. The number of aryl methyl sites for hydroxylation is 1. The monoisotopic (exact) mass is 276 g/mol. The van der Waals surface area contributed by atoms with E-state index >= 15 is 0 Å². The minimum absolute atomic E-state index is 0.277. The van der Waals surface area contributed by atoms with Gasteiger partial charge in [0.05, 0.1) is 6.10 Å². The Morgan fingerprint density at radius 1 is 1.15 bits per heavy atom. The van der Waals surface area contributed by atoms with E-state index in [2.05, 4.69) is 0 Å². The van der Waals surface area contributed by atoms with Crippen molar-refractivity contribution >= 4 is 0 Å². The molecule has 0 fully saturated rings. The van der Waals surface area contributed by atoms with Gasteiger partial charge in [-0.3, -0.25) is 0 Å². The average molecular weight is 276 g/mol. The second kappa shape index (κ2) is 4.87. The van der Waals surface area contributed by atoms with Crippen LogP contribution in [0.15, 0.2) is 36.4 Å².